The average molecular weight is 737 g/mol. The lowest BCUT2D eigenvalue weighted by atomic mass is 9.86. The van der Waals surface area contributed by atoms with Crippen LogP contribution in [0.3, 0.4) is 0 Å². The molecule has 2 N–H and O–H groups in total. The van der Waals surface area contributed by atoms with Gasteiger partial charge in [-0.1, -0.05) is 31.9 Å². The van der Waals surface area contributed by atoms with Gasteiger partial charge in [0, 0.05) is 13.0 Å². The zero-order valence-corrected chi connectivity index (χ0v) is 28.5. The molecule has 12 nitrogen and oxygen atoms in total. The predicted molar refractivity (Wildman–Crippen MR) is 160 cm³/mol. The third-order valence-corrected chi connectivity index (χ3v) is 7.82. The van der Waals surface area contributed by atoms with Crippen molar-refractivity contribution in [3.05, 3.63) is 23.3 Å². The summed E-state index contributed by atoms with van der Waals surface area (Å²) in [5.41, 5.74) is -2.25. The van der Waals surface area contributed by atoms with Gasteiger partial charge in [0.15, 0.2) is 0 Å². The van der Waals surface area contributed by atoms with Crippen LogP contribution in [0.25, 0.3) is 0 Å². The highest BCUT2D eigenvalue weighted by Crippen LogP contribution is 2.60. The predicted octanol–water partition coefficient (Wildman–Crippen LogP) is 4.24. The zero-order valence-electron chi connectivity index (χ0n) is 25.4. The summed E-state index contributed by atoms with van der Waals surface area (Å²) >= 11 is 6.41. The summed E-state index contributed by atoms with van der Waals surface area (Å²) in [6.45, 7) is 10.4. The Balaban J connectivity index is 1.48. The molecule has 1 aromatic heterocycles. The first-order valence-corrected chi connectivity index (χ1v) is 15.3. The van der Waals surface area contributed by atoms with E-state index in [1.807, 2.05) is 12.2 Å². The largest absolute Gasteiger partial charge is 0.494 e. The van der Waals surface area contributed by atoms with E-state index in [9.17, 15) is 29.4 Å². The summed E-state index contributed by atoms with van der Waals surface area (Å²) in [5.74, 6) is -2.90. The number of carbonyl (C=O) groups excluding carboxylic acids is 4. The van der Waals surface area contributed by atoms with E-state index in [2.05, 4.69) is 31.9 Å². The quantitative estimate of drug-likeness (QED) is 0.0925. The van der Waals surface area contributed by atoms with Crippen molar-refractivity contribution in [3.63, 3.8) is 0 Å². The molecule has 2 unspecified atom stereocenters. The van der Waals surface area contributed by atoms with Crippen LogP contribution in [0, 0.1) is 5.41 Å². The van der Waals surface area contributed by atoms with Crippen LogP contribution in [0.15, 0.2) is 12.2 Å². The van der Waals surface area contributed by atoms with Gasteiger partial charge >= 0.3 is 23.9 Å². The Morgan fingerprint density at radius 3 is 1.67 bits per heavy atom. The molecule has 3 heterocycles. The van der Waals surface area contributed by atoms with Crippen LogP contribution in [0.1, 0.15) is 72.4 Å². The number of ether oxygens (including phenoxy) is 5. The Kier molecular flexibility index (Phi) is 10.1. The Bertz CT molecular complexity index is 1240. The molecule has 3 rings (SSSR count). The number of rotatable bonds is 14. The van der Waals surface area contributed by atoms with Crippen molar-refractivity contribution in [3.8, 4) is 11.8 Å². The van der Waals surface area contributed by atoms with Crippen molar-refractivity contribution in [2.45, 2.75) is 87.7 Å². The molecule has 0 aliphatic carbocycles. The van der Waals surface area contributed by atoms with Crippen molar-refractivity contribution in [1.82, 2.24) is 4.57 Å². The van der Waals surface area contributed by atoms with E-state index >= 15 is 0 Å². The van der Waals surface area contributed by atoms with E-state index in [4.69, 9.17) is 23.7 Å². The normalized spacial score (nSPS) is 21.0. The van der Waals surface area contributed by atoms with Crippen molar-refractivity contribution >= 4 is 55.7 Å². The molecule has 2 atom stereocenters. The summed E-state index contributed by atoms with van der Waals surface area (Å²) in [6, 6.07) is 0. The molecule has 2 aliphatic heterocycles. The summed E-state index contributed by atoms with van der Waals surface area (Å²) in [5, 5.41) is 21.5. The van der Waals surface area contributed by atoms with Crippen molar-refractivity contribution in [2.75, 3.05) is 26.4 Å². The molecule has 0 aromatic carbocycles. The Morgan fingerprint density at radius 2 is 1.23 bits per heavy atom. The van der Waals surface area contributed by atoms with Gasteiger partial charge in [-0.05, 0) is 60.6 Å². The number of nitrogens with zero attached hydrogens (tertiary/aromatic N) is 1. The highest BCUT2D eigenvalue weighted by molar-refractivity contribution is 9.10. The van der Waals surface area contributed by atoms with Gasteiger partial charge in [0.2, 0.25) is 11.8 Å². The van der Waals surface area contributed by atoms with Crippen LogP contribution in [0.5, 0.6) is 11.8 Å². The molecule has 14 heteroatoms. The van der Waals surface area contributed by atoms with Gasteiger partial charge in [0.25, 0.3) is 0 Å². The number of esters is 4. The highest BCUT2D eigenvalue weighted by Gasteiger charge is 2.56. The number of aromatic hydroxyl groups is 2. The molecule has 0 amide bonds. The Labute approximate surface area is 267 Å². The smallest absolute Gasteiger partial charge is 0.322 e. The van der Waals surface area contributed by atoms with Crippen LogP contribution in [0.2, 0.25) is 0 Å². The van der Waals surface area contributed by atoms with Crippen molar-refractivity contribution in [1.29, 1.82) is 0 Å². The lowest BCUT2D eigenvalue weighted by Gasteiger charge is -2.28. The summed E-state index contributed by atoms with van der Waals surface area (Å²) < 4.78 is 26.4. The van der Waals surface area contributed by atoms with E-state index in [0.717, 1.165) is 0 Å². The molecule has 0 fully saturated rings. The van der Waals surface area contributed by atoms with E-state index in [1.54, 1.807) is 41.5 Å². The maximum Gasteiger partial charge on any atom is 0.322 e. The lowest BCUT2D eigenvalue weighted by Crippen LogP contribution is -2.43. The van der Waals surface area contributed by atoms with Gasteiger partial charge in [-0.3, -0.25) is 23.7 Å². The van der Waals surface area contributed by atoms with Crippen LogP contribution >= 0.6 is 31.9 Å². The summed E-state index contributed by atoms with van der Waals surface area (Å²) in [4.78, 5) is 49.8. The third-order valence-electron chi connectivity index (χ3n) is 7.18. The van der Waals surface area contributed by atoms with Gasteiger partial charge in [0.05, 0.1) is 30.8 Å². The van der Waals surface area contributed by atoms with Gasteiger partial charge in [0.1, 0.15) is 38.5 Å². The molecule has 240 valence electrons. The van der Waals surface area contributed by atoms with E-state index in [0.29, 0.717) is 11.1 Å². The fraction of sp³-hybridized carbons (Fsp3) is 0.655. The van der Waals surface area contributed by atoms with E-state index in [1.165, 1.54) is 11.5 Å². The van der Waals surface area contributed by atoms with Crippen LogP contribution in [0.4, 0.5) is 0 Å². The number of hydrogen-bond donors (Lipinski definition) is 2. The second kappa shape index (κ2) is 12.4. The number of alkyl halides is 2. The molecule has 0 radical (unpaired) electrons. The summed E-state index contributed by atoms with van der Waals surface area (Å²) in [6.07, 6.45) is 3.70. The number of aromatic nitrogens is 1. The standard InChI is InChI=1S/C29H39Br2NO11/c1-25(2,30)22(36)41-15-27(5,16-42-23(37)26(3,4)31)24(38)40-14-8-13-39-17(33)9-12-32-20(34)18-19(21(32)35)29(7)11-10-28(18,6)43-29/h10-11,34-35H,8-9,12-16H2,1-7H3. The fourth-order valence-electron chi connectivity index (χ4n) is 4.65. The molecule has 0 saturated carbocycles. The van der Waals surface area contributed by atoms with E-state index < -0.39 is 62.4 Å². The van der Waals surface area contributed by atoms with Gasteiger partial charge in [-0.15, -0.1) is 0 Å². The Hall–Kier alpha value is -2.58. The van der Waals surface area contributed by atoms with Gasteiger partial charge in [-0.25, -0.2) is 0 Å². The minimum absolute atomic E-state index is 0.0170. The first kappa shape index (κ1) is 34.9. The fourth-order valence-corrected chi connectivity index (χ4v) is 4.88. The minimum Gasteiger partial charge on any atom is -0.494 e. The molecular formula is C29H39Br2NO11. The maximum atomic E-state index is 13.0. The number of carbonyl (C=O) groups is 4. The Morgan fingerprint density at radius 1 is 0.791 bits per heavy atom. The molecule has 2 aliphatic rings. The molecular weight excluding hydrogens is 698 g/mol. The summed E-state index contributed by atoms with van der Waals surface area (Å²) in [7, 11) is 0. The first-order chi connectivity index (χ1) is 19.6. The lowest BCUT2D eigenvalue weighted by molar-refractivity contribution is -0.171. The number of fused-ring (bicyclic) bond motifs is 5. The van der Waals surface area contributed by atoms with Crippen LogP contribution in [-0.4, -0.2) is 73.7 Å². The topological polar surface area (TPSA) is 160 Å². The molecule has 43 heavy (non-hydrogen) atoms. The second-order valence-corrected chi connectivity index (χ2v) is 16.3. The first-order valence-electron chi connectivity index (χ1n) is 13.8. The maximum absolute atomic E-state index is 13.0. The number of halogens is 2. The molecule has 1 aromatic rings. The van der Waals surface area contributed by atoms with Crippen molar-refractivity contribution in [2.24, 2.45) is 5.41 Å². The second-order valence-electron chi connectivity index (χ2n) is 12.3. The molecule has 2 bridgehead atoms. The average Bonchev–Trinajstić information content (AvgIpc) is 3.45. The van der Waals surface area contributed by atoms with Gasteiger partial charge in [-0.2, -0.15) is 0 Å². The minimum atomic E-state index is -1.49. The zero-order chi connectivity index (χ0) is 32.6. The third kappa shape index (κ3) is 7.56. The number of hydrogen-bond acceptors (Lipinski definition) is 11. The molecule has 0 saturated heterocycles. The van der Waals surface area contributed by atoms with Crippen molar-refractivity contribution < 1.29 is 53.1 Å². The van der Waals surface area contributed by atoms with E-state index in [-0.39, 0.29) is 44.4 Å². The van der Waals surface area contributed by atoms with Crippen LogP contribution < -0.4 is 0 Å². The SMILES string of the molecule is CC(C)(Br)C(=O)OCC(C)(COC(=O)C(C)(C)Br)C(=O)OCCCOC(=O)CCn1c(O)c2c(c1O)C1(C)C=CC2(C)O1. The van der Waals surface area contributed by atoms with Gasteiger partial charge < -0.3 is 33.9 Å². The monoisotopic (exact) mass is 735 g/mol. The highest BCUT2D eigenvalue weighted by atomic mass is 79.9. The molecule has 0 spiro atoms. The van der Waals surface area contributed by atoms with Crippen LogP contribution in [-0.2, 0) is 60.6 Å².